The Morgan fingerprint density at radius 3 is 2.70 bits per heavy atom. The third-order valence-corrected chi connectivity index (χ3v) is 2.17. The Hall–Kier alpha value is -2.93. The molecule has 1 rings (SSSR count). The van der Waals surface area contributed by atoms with Crippen LogP contribution in [0.4, 0.5) is 21.5 Å². The molecule has 0 atom stereocenters. The van der Waals surface area contributed by atoms with Gasteiger partial charge in [0.25, 0.3) is 0 Å². The molecule has 0 spiro atoms. The lowest BCUT2D eigenvalue weighted by Crippen LogP contribution is -2.00. The number of allylic oxidation sites excluding steroid dienone is 2. The fourth-order valence-corrected chi connectivity index (χ4v) is 1.48. The van der Waals surface area contributed by atoms with Crippen molar-refractivity contribution in [2.24, 2.45) is 5.11 Å². The van der Waals surface area contributed by atoms with Gasteiger partial charge in [-0.3, -0.25) is 14.9 Å². The van der Waals surface area contributed by atoms with Crippen LogP contribution in [-0.2, 0) is 4.79 Å². The lowest BCUT2D eigenvalue weighted by atomic mass is 10.2. The van der Waals surface area contributed by atoms with Gasteiger partial charge in [-0.25, -0.2) is 0 Å². The monoisotopic (exact) mass is 279 g/mol. The number of nitro groups is 1. The van der Waals surface area contributed by atoms with Crippen molar-refractivity contribution in [3.05, 3.63) is 50.3 Å². The Balaban J connectivity index is 3.32. The maximum absolute atomic E-state index is 13.5. The molecular weight excluding hydrogens is 269 g/mol. The van der Waals surface area contributed by atoms with Gasteiger partial charge in [-0.15, -0.1) is 0 Å². The van der Waals surface area contributed by atoms with Crippen LogP contribution >= 0.6 is 0 Å². The highest BCUT2D eigenvalue weighted by atomic mass is 19.1. The molecule has 0 aliphatic carbocycles. The lowest BCUT2D eigenvalue weighted by molar-refractivity contribution is -0.387. The molecule has 9 heteroatoms. The molecule has 0 aliphatic heterocycles. The second-order valence-corrected chi connectivity index (χ2v) is 3.83. The third-order valence-electron chi connectivity index (χ3n) is 2.17. The van der Waals surface area contributed by atoms with Crippen molar-refractivity contribution in [3.63, 3.8) is 0 Å². The van der Waals surface area contributed by atoms with Crippen molar-refractivity contribution in [3.8, 4) is 0 Å². The predicted molar refractivity (Wildman–Crippen MR) is 69.9 cm³/mol. The van der Waals surface area contributed by atoms with Crippen LogP contribution in [0.25, 0.3) is 10.4 Å². The molecule has 0 unspecified atom stereocenters. The topological polar surface area (TPSA) is 121 Å². The van der Waals surface area contributed by atoms with Gasteiger partial charge >= 0.3 is 5.69 Å². The molecule has 0 radical (unpaired) electrons. The van der Waals surface area contributed by atoms with Crippen molar-refractivity contribution < 1.29 is 14.1 Å². The van der Waals surface area contributed by atoms with Crippen molar-refractivity contribution in [1.82, 2.24) is 0 Å². The Kier molecular flexibility index (Phi) is 4.76. The SMILES string of the molecule is CC(=O)C=C(C)Nc1cc(F)c([N+](=O)[O-])cc1N=[N+]=[N-]. The quantitative estimate of drug-likeness (QED) is 0.221. The second-order valence-electron chi connectivity index (χ2n) is 3.83. The maximum Gasteiger partial charge on any atom is 0.305 e. The molecule has 0 aromatic heterocycles. The average Bonchev–Trinajstić information content (AvgIpc) is 2.30. The molecule has 1 aromatic rings. The van der Waals surface area contributed by atoms with Gasteiger partial charge in [-0.2, -0.15) is 4.39 Å². The highest BCUT2D eigenvalue weighted by molar-refractivity contribution is 5.88. The number of halogens is 1. The summed E-state index contributed by atoms with van der Waals surface area (Å²) >= 11 is 0. The summed E-state index contributed by atoms with van der Waals surface area (Å²) in [5, 5.41) is 16.5. The molecule has 1 aromatic carbocycles. The first-order chi connectivity index (χ1) is 9.35. The van der Waals surface area contributed by atoms with E-state index in [9.17, 15) is 19.3 Å². The molecular formula is C11H10FN5O3. The smallest absolute Gasteiger partial charge is 0.305 e. The summed E-state index contributed by atoms with van der Waals surface area (Å²) in [4.78, 5) is 23.1. The van der Waals surface area contributed by atoms with Crippen molar-refractivity contribution in [2.75, 3.05) is 5.32 Å². The summed E-state index contributed by atoms with van der Waals surface area (Å²) in [6.07, 6.45) is 1.25. The first kappa shape index (κ1) is 15.1. The predicted octanol–water partition coefficient (Wildman–Crippen LogP) is 3.58. The first-order valence-electron chi connectivity index (χ1n) is 5.34. The van der Waals surface area contributed by atoms with E-state index in [-0.39, 0.29) is 17.2 Å². The molecule has 0 heterocycles. The average molecular weight is 279 g/mol. The van der Waals surface area contributed by atoms with E-state index in [2.05, 4.69) is 15.3 Å². The highest BCUT2D eigenvalue weighted by Gasteiger charge is 2.17. The number of benzene rings is 1. The zero-order valence-corrected chi connectivity index (χ0v) is 10.6. The van der Waals surface area contributed by atoms with Gasteiger partial charge in [0.2, 0.25) is 5.82 Å². The molecule has 0 aliphatic rings. The van der Waals surface area contributed by atoms with Crippen LogP contribution in [-0.4, -0.2) is 10.7 Å². The number of anilines is 1. The number of carbonyl (C=O) groups excluding carboxylic acids is 1. The Bertz CT molecular complexity index is 650. The molecule has 0 bridgehead atoms. The van der Waals surface area contributed by atoms with Crippen LogP contribution in [0, 0.1) is 15.9 Å². The van der Waals surface area contributed by atoms with Gasteiger partial charge < -0.3 is 5.32 Å². The van der Waals surface area contributed by atoms with Gasteiger partial charge in [-0.05, 0) is 25.5 Å². The van der Waals surface area contributed by atoms with Gasteiger partial charge in [-0.1, -0.05) is 5.11 Å². The summed E-state index contributed by atoms with van der Waals surface area (Å²) < 4.78 is 13.5. The maximum atomic E-state index is 13.5. The minimum atomic E-state index is -1.08. The van der Waals surface area contributed by atoms with Gasteiger partial charge in [0.15, 0.2) is 5.78 Å². The van der Waals surface area contributed by atoms with E-state index in [1.807, 2.05) is 0 Å². The van der Waals surface area contributed by atoms with E-state index in [4.69, 9.17) is 5.53 Å². The number of nitro benzene ring substituents is 1. The van der Waals surface area contributed by atoms with Gasteiger partial charge in [0.05, 0.1) is 16.3 Å². The Labute approximate surface area is 112 Å². The largest absolute Gasteiger partial charge is 0.359 e. The number of nitrogens with one attached hydrogen (secondary N) is 1. The van der Waals surface area contributed by atoms with Crippen LogP contribution in [0.15, 0.2) is 29.0 Å². The summed E-state index contributed by atoms with van der Waals surface area (Å²) in [5.74, 6) is -1.31. The summed E-state index contributed by atoms with van der Waals surface area (Å²) in [5.41, 5.74) is 7.88. The zero-order chi connectivity index (χ0) is 15.3. The van der Waals surface area contributed by atoms with Crippen molar-refractivity contribution in [2.45, 2.75) is 13.8 Å². The number of azide groups is 1. The Morgan fingerprint density at radius 2 is 2.20 bits per heavy atom. The fraction of sp³-hybridized carbons (Fsp3) is 0.182. The molecule has 8 nitrogen and oxygen atoms in total. The van der Waals surface area contributed by atoms with Crippen molar-refractivity contribution in [1.29, 1.82) is 0 Å². The second kappa shape index (κ2) is 6.30. The van der Waals surface area contributed by atoms with Crippen LogP contribution in [0.3, 0.4) is 0 Å². The first-order valence-corrected chi connectivity index (χ1v) is 5.34. The molecule has 0 saturated heterocycles. The highest BCUT2D eigenvalue weighted by Crippen LogP contribution is 2.33. The number of rotatable bonds is 5. The number of hydrogen-bond acceptors (Lipinski definition) is 5. The summed E-state index contributed by atoms with van der Waals surface area (Å²) in [7, 11) is 0. The minimum absolute atomic E-state index is 0.0286. The van der Waals surface area contributed by atoms with Gasteiger partial charge in [0.1, 0.15) is 0 Å². The lowest BCUT2D eigenvalue weighted by Gasteiger charge is -2.09. The normalized spacial score (nSPS) is 10.7. The Morgan fingerprint density at radius 1 is 1.55 bits per heavy atom. The summed E-state index contributed by atoms with van der Waals surface area (Å²) in [6, 6.07) is 1.65. The zero-order valence-electron chi connectivity index (χ0n) is 10.6. The molecule has 20 heavy (non-hydrogen) atoms. The van der Waals surface area contributed by atoms with E-state index < -0.39 is 16.4 Å². The minimum Gasteiger partial charge on any atom is -0.359 e. The number of nitrogens with zero attached hydrogens (tertiary/aromatic N) is 4. The molecule has 0 saturated carbocycles. The number of ketones is 1. The van der Waals surface area contributed by atoms with Crippen LogP contribution in [0.1, 0.15) is 13.8 Å². The van der Waals surface area contributed by atoms with E-state index >= 15 is 0 Å². The third kappa shape index (κ3) is 3.79. The van der Waals surface area contributed by atoms with Crippen molar-refractivity contribution >= 4 is 22.8 Å². The van der Waals surface area contributed by atoms with Crippen LogP contribution in [0.5, 0.6) is 0 Å². The number of hydrogen-bond donors (Lipinski definition) is 1. The van der Waals surface area contributed by atoms with E-state index in [1.165, 1.54) is 13.0 Å². The standard InChI is InChI=1S/C11H10FN5O3/c1-6(3-7(2)18)14-9-4-8(12)11(17(19)20)5-10(9)15-16-13/h3-5,14H,1-2H3. The fourth-order valence-electron chi connectivity index (χ4n) is 1.48. The number of carbonyl (C=O) groups is 1. The van der Waals surface area contributed by atoms with E-state index in [1.54, 1.807) is 6.92 Å². The molecule has 104 valence electrons. The van der Waals surface area contributed by atoms with E-state index in [0.717, 1.165) is 12.1 Å². The van der Waals surface area contributed by atoms with Crippen LogP contribution in [0.2, 0.25) is 0 Å². The van der Waals surface area contributed by atoms with E-state index in [0.29, 0.717) is 5.70 Å². The van der Waals surface area contributed by atoms with Gasteiger partial charge in [0, 0.05) is 22.7 Å². The molecule has 0 amide bonds. The summed E-state index contributed by atoms with van der Waals surface area (Å²) in [6.45, 7) is 2.87. The van der Waals surface area contributed by atoms with Crippen LogP contribution < -0.4 is 5.32 Å². The molecule has 1 N–H and O–H groups in total. The molecule has 0 fully saturated rings.